The van der Waals surface area contributed by atoms with Gasteiger partial charge < -0.3 is 10.2 Å². The minimum Gasteiger partial charge on any atom is -0.342 e. The number of amides is 1. The van der Waals surface area contributed by atoms with Gasteiger partial charge in [0.1, 0.15) is 6.04 Å². The van der Waals surface area contributed by atoms with E-state index in [1.165, 1.54) is 0 Å². The van der Waals surface area contributed by atoms with Crippen LogP contribution in [0.5, 0.6) is 0 Å². The van der Waals surface area contributed by atoms with Gasteiger partial charge in [-0.15, -0.1) is 0 Å². The Morgan fingerprint density at radius 3 is 2.33 bits per heavy atom. The molecule has 0 aliphatic carbocycles. The molecule has 1 atom stereocenters. The summed E-state index contributed by atoms with van der Waals surface area (Å²) >= 11 is 0. The summed E-state index contributed by atoms with van der Waals surface area (Å²) in [5, 5.41) is 3.33. The lowest BCUT2D eigenvalue weighted by molar-refractivity contribution is -0.133. The zero-order valence-corrected chi connectivity index (χ0v) is 19.4. The van der Waals surface area contributed by atoms with Crippen LogP contribution in [0.15, 0.2) is 60.8 Å². The van der Waals surface area contributed by atoms with Crippen LogP contribution >= 0.6 is 0 Å². The molecule has 0 saturated carbocycles. The predicted octanol–water partition coefficient (Wildman–Crippen LogP) is 2.90. The number of piperazine rings is 1. The quantitative estimate of drug-likeness (QED) is 0.576. The van der Waals surface area contributed by atoms with Crippen molar-refractivity contribution in [3.05, 3.63) is 83.4 Å². The fourth-order valence-corrected chi connectivity index (χ4v) is 4.23. The number of anilines is 1. The molecule has 1 aliphatic heterocycles. The molecule has 7 heteroatoms. The highest BCUT2D eigenvalue weighted by Gasteiger charge is 2.28. The van der Waals surface area contributed by atoms with E-state index in [-0.39, 0.29) is 5.91 Å². The molecule has 3 aromatic rings. The van der Waals surface area contributed by atoms with E-state index in [4.69, 9.17) is 0 Å². The number of hydrogen-bond donors (Lipinski definition) is 1. The van der Waals surface area contributed by atoms with Gasteiger partial charge in [0, 0.05) is 68.8 Å². The Morgan fingerprint density at radius 2 is 1.67 bits per heavy atom. The van der Waals surface area contributed by atoms with Crippen molar-refractivity contribution >= 4 is 11.9 Å². The smallest absolute Gasteiger partial charge is 0.245 e. The maximum atomic E-state index is 13.5. The molecule has 1 N–H and O–H groups in total. The highest BCUT2D eigenvalue weighted by Crippen LogP contribution is 2.14. The molecule has 1 aliphatic rings. The first-order valence-electron chi connectivity index (χ1n) is 11.6. The van der Waals surface area contributed by atoms with E-state index in [1.807, 2.05) is 61.3 Å². The number of hydrogen-bond acceptors (Lipinski definition) is 6. The van der Waals surface area contributed by atoms with Crippen LogP contribution in [0.3, 0.4) is 0 Å². The third kappa shape index (κ3) is 6.58. The largest absolute Gasteiger partial charge is 0.342 e. The predicted molar refractivity (Wildman–Crippen MR) is 130 cm³/mol. The van der Waals surface area contributed by atoms with Gasteiger partial charge in [-0.25, -0.2) is 9.97 Å². The number of carbonyl (C=O) groups excluding carboxylic acids is 1. The van der Waals surface area contributed by atoms with Gasteiger partial charge >= 0.3 is 0 Å². The molecule has 0 radical (unpaired) electrons. The lowest BCUT2D eigenvalue weighted by atomic mass is 10.0. The van der Waals surface area contributed by atoms with E-state index >= 15 is 0 Å². The van der Waals surface area contributed by atoms with Gasteiger partial charge in [0.25, 0.3) is 0 Å². The summed E-state index contributed by atoms with van der Waals surface area (Å²) in [5.74, 6) is 0.613. The maximum Gasteiger partial charge on any atom is 0.245 e. The molecule has 1 aromatic carbocycles. The van der Waals surface area contributed by atoms with Gasteiger partial charge in [0.2, 0.25) is 11.9 Å². The molecule has 0 unspecified atom stereocenters. The van der Waals surface area contributed by atoms with Crippen LogP contribution in [0, 0.1) is 13.8 Å². The van der Waals surface area contributed by atoms with Crippen LogP contribution in [0.25, 0.3) is 0 Å². The standard InChI is InChI=1S/C26H32N6O/c1-20-18-21(2)29-26(28-20)30-24(19-22-8-4-3-5-9-22)25(33)32-16-14-31(15-17-32)13-11-23-10-6-7-12-27-23/h3-10,12,18,24H,11,13-17,19H2,1-2H3,(H,28,29,30)/t24-/m0/s1. The number of rotatable bonds is 8. The van der Waals surface area contributed by atoms with Crippen molar-refractivity contribution in [2.45, 2.75) is 32.7 Å². The van der Waals surface area contributed by atoms with Gasteiger partial charge in [0.05, 0.1) is 0 Å². The number of pyridine rings is 1. The Morgan fingerprint density at radius 1 is 0.970 bits per heavy atom. The minimum atomic E-state index is -0.409. The minimum absolute atomic E-state index is 0.103. The van der Waals surface area contributed by atoms with Crippen LogP contribution in [-0.2, 0) is 17.6 Å². The molecule has 2 aromatic heterocycles. The topological polar surface area (TPSA) is 74.2 Å². The molecule has 0 spiro atoms. The van der Waals surface area contributed by atoms with Crippen LogP contribution in [0.1, 0.15) is 22.6 Å². The van der Waals surface area contributed by atoms with E-state index < -0.39 is 6.04 Å². The average Bonchev–Trinajstić information content (AvgIpc) is 2.83. The molecule has 1 amide bonds. The molecular formula is C26H32N6O. The molecule has 172 valence electrons. The van der Waals surface area contributed by atoms with Gasteiger partial charge in [0.15, 0.2) is 0 Å². The zero-order valence-electron chi connectivity index (χ0n) is 19.4. The first kappa shape index (κ1) is 22.9. The summed E-state index contributed by atoms with van der Waals surface area (Å²) in [7, 11) is 0. The van der Waals surface area contributed by atoms with Gasteiger partial charge in [-0.3, -0.25) is 14.7 Å². The molecule has 3 heterocycles. The van der Waals surface area contributed by atoms with Crippen molar-refractivity contribution in [3.8, 4) is 0 Å². The Bertz CT molecular complexity index is 1010. The van der Waals surface area contributed by atoms with Crippen LogP contribution in [0.4, 0.5) is 5.95 Å². The van der Waals surface area contributed by atoms with E-state index in [1.54, 1.807) is 0 Å². The summed E-state index contributed by atoms with van der Waals surface area (Å²) in [5.41, 5.74) is 3.99. The summed E-state index contributed by atoms with van der Waals surface area (Å²) in [4.78, 5) is 31.3. The molecule has 1 saturated heterocycles. The fraction of sp³-hybridized carbons (Fsp3) is 0.385. The number of benzene rings is 1. The molecule has 1 fully saturated rings. The molecular weight excluding hydrogens is 412 g/mol. The second kappa shape index (κ2) is 11.0. The van der Waals surface area contributed by atoms with E-state index in [2.05, 4.69) is 43.4 Å². The number of carbonyl (C=O) groups is 1. The normalized spacial score (nSPS) is 15.3. The molecule has 4 rings (SSSR count). The van der Waals surface area contributed by atoms with Gasteiger partial charge in [-0.1, -0.05) is 36.4 Å². The number of aryl methyl sites for hydroxylation is 2. The van der Waals surface area contributed by atoms with Crippen molar-refractivity contribution in [1.29, 1.82) is 0 Å². The van der Waals surface area contributed by atoms with Gasteiger partial charge in [-0.2, -0.15) is 0 Å². The first-order chi connectivity index (χ1) is 16.1. The van der Waals surface area contributed by atoms with E-state index in [0.717, 1.165) is 61.8 Å². The average molecular weight is 445 g/mol. The Hall–Kier alpha value is -3.32. The monoisotopic (exact) mass is 444 g/mol. The summed E-state index contributed by atoms with van der Waals surface area (Å²) in [6.45, 7) is 8.04. The highest BCUT2D eigenvalue weighted by atomic mass is 16.2. The Balaban J connectivity index is 1.39. The summed E-state index contributed by atoms with van der Waals surface area (Å²) in [6.07, 6.45) is 3.36. The van der Waals surface area contributed by atoms with E-state index in [9.17, 15) is 4.79 Å². The summed E-state index contributed by atoms with van der Waals surface area (Å²) < 4.78 is 0. The lowest BCUT2D eigenvalue weighted by Gasteiger charge is -2.36. The maximum absolute atomic E-state index is 13.5. The summed E-state index contributed by atoms with van der Waals surface area (Å²) in [6, 6.07) is 17.7. The van der Waals surface area contributed by atoms with Crippen LogP contribution in [-0.4, -0.2) is 69.4 Å². The molecule has 7 nitrogen and oxygen atoms in total. The Labute approximate surface area is 195 Å². The molecule has 0 bridgehead atoms. The van der Waals surface area contributed by atoms with Gasteiger partial charge in [-0.05, 0) is 37.6 Å². The lowest BCUT2D eigenvalue weighted by Crippen LogP contribution is -2.53. The van der Waals surface area contributed by atoms with Crippen molar-refractivity contribution < 1.29 is 4.79 Å². The highest BCUT2D eigenvalue weighted by molar-refractivity contribution is 5.84. The van der Waals surface area contributed by atoms with Crippen LogP contribution in [0.2, 0.25) is 0 Å². The third-order valence-corrected chi connectivity index (χ3v) is 5.96. The van der Waals surface area contributed by atoms with Crippen molar-refractivity contribution in [2.75, 3.05) is 38.0 Å². The zero-order chi connectivity index (χ0) is 23.0. The second-order valence-electron chi connectivity index (χ2n) is 8.60. The second-order valence-corrected chi connectivity index (χ2v) is 8.60. The van der Waals surface area contributed by atoms with Crippen molar-refractivity contribution in [3.63, 3.8) is 0 Å². The van der Waals surface area contributed by atoms with Crippen molar-refractivity contribution in [1.82, 2.24) is 24.8 Å². The third-order valence-electron chi connectivity index (χ3n) is 5.96. The molecule has 33 heavy (non-hydrogen) atoms. The number of nitrogens with zero attached hydrogens (tertiary/aromatic N) is 5. The SMILES string of the molecule is Cc1cc(C)nc(N[C@@H](Cc2ccccc2)C(=O)N2CCN(CCc3ccccn3)CC2)n1. The first-order valence-corrected chi connectivity index (χ1v) is 11.6. The Kier molecular flexibility index (Phi) is 7.62. The number of aromatic nitrogens is 3. The van der Waals surface area contributed by atoms with Crippen molar-refractivity contribution in [2.24, 2.45) is 0 Å². The number of nitrogens with one attached hydrogen (secondary N) is 1. The van der Waals surface area contributed by atoms with E-state index in [0.29, 0.717) is 12.4 Å². The van der Waals surface area contributed by atoms with Crippen LogP contribution < -0.4 is 5.32 Å². The fourth-order valence-electron chi connectivity index (χ4n) is 4.23.